The van der Waals surface area contributed by atoms with E-state index in [2.05, 4.69) is 33.4 Å². The van der Waals surface area contributed by atoms with Crippen molar-refractivity contribution in [1.82, 2.24) is 0 Å². The Morgan fingerprint density at radius 3 is 2.00 bits per heavy atom. The molecule has 0 bridgehead atoms. The Bertz CT molecular complexity index is 430. The molecule has 0 heterocycles. The van der Waals surface area contributed by atoms with E-state index in [1.165, 1.54) is 6.42 Å². The van der Waals surface area contributed by atoms with Crippen LogP contribution in [-0.4, -0.2) is 9.96 Å². The van der Waals surface area contributed by atoms with Gasteiger partial charge in [-0.2, -0.15) is 0 Å². The lowest BCUT2D eigenvalue weighted by molar-refractivity contribution is 0.682. The molecule has 0 saturated heterocycles. The van der Waals surface area contributed by atoms with Gasteiger partial charge in [-0.15, -0.1) is 0 Å². The van der Waals surface area contributed by atoms with Crippen LogP contribution < -0.4 is 0 Å². The first-order valence-electron chi connectivity index (χ1n) is 8.44. The summed E-state index contributed by atoms with van der Waals surface area (Å²) in [6.45, 7) is 16.4. The highest BCUT2D eigenvalue weighted by Crippen LogP contribution is 2.17. The molecule has 0 saturated carbocycles. The van der Waals surface area contributed by atoms with Crippen LogP contribution in [0.5, 0.6) is 0 Å². The van der Waals surface area contributed by atoms with Crippen LogP contribution in [-0.2, 0) is 10.8 Å². The van der Waals surface area contributed by atoms with Gasteiger partial charge in [0.1, 0.15) is 0 Å². The summed E-state index contributed by atoms with van der Waals surface area (Å²) in [5, 5.41) is 0. The molecule has 1 atom stereocenters. The van der Waals surface area contributed by atoms with Crippen LogP contribution in [0.3, 0.4) is 0 Å². The molecule has 0 aliphatic rings. The van der Waals surface area contributed by atoms with Gasteiger partial charge in [-0.05, 0) is 36.1 Å². The van der Waals surface area contributed by atoms with Gasteiger partial charge in [0.25, 0.3) is 0 Å². The Kier molecular flexibility index (Phi) is 17.1. The third-order valence-corrected chi connectivity index (χ3v) is 4.01. The standard InChI is InChI=1S/C15H20OS.C3H8.C2H6/c1-4-6-7-13(3)14-8-10-15(11-9-14)17(16)12-5-2;1-3-2;1-2/h6-11H,3-5,12H2,1-2H3;3H2,1-2H3;1-2H3/b7-6-;;. The maximum absolute atomic E-state index is 11.8. The highest BCUT2D eigenvalue weighted by molar-refractivity contribution is 7.85. The third kappa shape index (κ3) is 10.6. The van der Waals surface area contributed by atoms with Crippen LogP contribution in [0.25, 0.3) is 5.57 Å². The first-order valence-corrected chi connectivity index (χ1v) is 9.76. The predicted molar refractivity (Wildman–Crippen MR) is 104 cm³/mol. The van der Waals surface area contributed by atoms with Gasteiger partial charge in [0.2, 0.25) is 0 Å². The van der Waals surface area contributed by atoms with Crippen molar-refractivity contribution < 1.29 is 4.21 Å². The Morgan fingerprint density at radius 2 is 1.59 bits per heavy atom. The van der Waals surface area contributed by atoms with Gasteiger partial charge in [-0.1, -0.05) is 78.8 Å². The van der Waals surface area contributed by atoms with Crippen LogP contribution >= 0.6 is 0 Å². The zero-order valence-corrected chi connectivity index (χ0v) is 16.1. The minimum atomic E-state index is -0.858. The lowest BCUT2D eigenvalue weighted by atomic mass is 10.1. The van der Waals surface area contributed by atoms with Crippen molar-refractivity contribution in [3.8, 4) is 0 Å². The van der Waals surface area contributed by atoms with E-state index < -0.39 is 10.8 Å². The molecule has 1 aromatic carbocycles. The number of rotatable bonds is 6. The summed E-state index contributed by atoms with van der Waals surface area (Å²) in [4.78, 5) is 0.905. The van der Waals surface area contributed by atoms with Crippen molar-refractivity contribution in [2.75, 3.05) is 5.75 Å². The summed E-state index contributed by atoms with van der Waals surface area (Å²) < 4.78 is 11.8. The summed E-state index contributed by atoms with van der Waals surface area (Å²) in [6.07, 6.45) is 7.32. The zero-order valence-electron chi connectivity index (χ0n) is 15.3. The molecule has 0 spiro atoms. The van der Waals surface area contributed by atoms with E-state index in [1.54, 1.807) is 0 Å². The molecule has 0 aromatic heterocycles. The number of benzene rings is 1. The fourth-order valence-electron chi connectivity index (χ4n) is 1.48. The fourth-order valence-corrected chi connectivity index (χ4v) is 2.53. The second-order valence-corrected chi connectivity index (χ2v) is 6.19. The van der Waals surface area contributed by atoms with E-state index in [0.717, 1.165) is 34.6 Å². The quantitative estimate of drug-likeness (QED) is 0.537. The third-order valence-electron chi connectivity index (χ3n) is 2.43. The van der Waals surface area contributed by atoms with Crippen LogP contribution in [0.15, 0.2) is 47.9 Å². The summed E-state index contributed by atoms with van der Waals surface area (Å²) in [7, 11) is -0.858. The summed E-state index contributed by atoms with van der Waals surface area (Å²) in [5.74, 6) is 0.732. The first kappa shape index (κ1) is 23.1. The maximum Gasteiger partial charge on any atom is 0.0529 e. The fraction of sp³-hybridized carbons (Fsp3) is 0.500. The first-order chi connectivity index (χ1) is 10.6. The van der Waals surface area contributed by atoms with Gasteiger partial charge in [0, 0.05) is 10.6 Å². The second kappa shape index (κ2) is 16.2. The van der Waals surface area contributed by atoms with Crippen molar-refractivity contribution in [2.45, 2.75) is 65.7 Å². The molecule has 1 unspecified atom stereocenters. The van der Waals surface area contributed by atoms with Crippen LogP contribution in [0, 0.1) is 0 Å². The van der Waals surface area contributed by atoms with Crippen molar-refractivity contribution in [3.05, 3.63) is 48.6 Å². The highest BCUT2D eigenvalue weighted by Gasteiger charge is 2.02. The molecule has 0 fully saturated rings. The average Bonchev–Trinajstić information content (AvgIpc) is 2.55. The smallest absolute Gasteiger partial charge is 0.0529 e. The normalized spacial score (nSPS) is 11.0. The molecule has 22 heavy (non-hydrogen) atoms. The van der Waals surface area contributed by atoms with E-state index >= 15 is 0 Å². The van der Waals surface area contributed by atoms with Gasteiger partial charge in [-0.3, -0.25) is 4.21 Å². The lowest BCUT2D eigenvalue weighted by Gasteiger charge is -2.03. The van der Waals surface area contributed by atoms with Gasteiger partial charge in [0.05, 0.1) is 10.8 Å². The molecule has 126 valence electrons. The molecule has 0 aliphatic heterocycles. The Balaban J connectivity index is 0. The molecule has 0 radical (unpaired) electrons. The topological polar surface area (TPSA) is 17.1 Å². The van der Waals surface area contributed by atoms with Crippen molar-refractivity contribution in [3.63, 3.8) is 0 Å². The van der Waals surface area contributed by atoms with Crippen molar-refractivity contribution in [1.29, 1.82) is 0 Å². The Labute approximate surface area is 141 Å². The monoisotopic (exact) mass is 322 g/mol. The summed E-state index contributed by atoms with van der Waals surface area (Å²) in [5.41, 5.74) is 2.09. The molecule has 0 aliphatic carbocycles. The van der Waals surface area contributed by atoms with Crippen molar-refractivity contribution in [2.24, 2.45) is 0 Å². The minimum Gasteiger partial charge on any atom is -0.254 e. The minimum absolute atomic E-state index is 0.732. The number of hydrogen-bond acceptors (Lipinski definition) is 1. The van der Waals surface area contributed by atoms with E-state index in [0.29, 0.717) is 0 Å². The van der Waals surface area contributed by atoms with Gasteiger partial charge < -0.3 is 0 Å². The molecular formula is C20H34OS. The van der Waals surface area contributed by atoms with Crippen molar-refractivity contribution >= 4 is 16.4 Å². The largest absolute Gasteiger partial charge is 0.254 e. The number of hydrogen-bond donors (Lipinski definition) is 0. The Morgan fingerprint density at radius 1 is 1.09 bits per heavy atom. The Hall–Kier alpha value is -1.15. The molecule has 1 rings (SSSR count). The van der Waals surface area contributed by atoms with Crippen LogP contribution in [0.2, 0.25) is 0 Å². The zero-order chi connectivity index (χ0) is 17.4. The van der Waals surface area contributed by atoms with Gasteiger partial charge >= 0.3 is 0 Å². The molecule has 2 heteroatoms. The maximum atomic E-state index is 11.8. The van der Waals surface area contributed by atoms with Crippen LogP contribution in [0.4, 0.5) is 0 Å². The highest BCUT2D eigenvalue weighted by atomic mass is 32.2. The van der Waals surface area contributed by atoms with E-state index in [9.17, 15) is 4.21 Å². The van der Waals surface area contributed by atoms with E-state index in [-0.39, 0.29) is 0 Å². The van der Waals surface area contributed by atoms with Crippen LogP contribution in [0.1, 0.15) is 66.4 Å². The molecular weight excluding hydrogens is 288 g/mol. The van der Waals surface area contributed by atoms with E-state index in [1.807, 2.05) is 51.1 Å². The average molecular weight is 323 g/mol. The summed E-state index contributed by atoms with van der Waals surface area (Å²) >= 11 is 0. The molecule has 0 amide bonds. The van der Waals surface area contributed by atoms with E-state index in [4.69, 9.17) is 0 Å². The molecule has 1 nitrogen and oxygen atoms in total. The van der Waals surface area contributed by atoms with Gasteiger partial charge in [-0.25, -0.2) is 0 Å². The summed E-state index contributed by atoms with van der Waals surface area (Å²) in [6, 6.07) is 7.86. The lowest BCUT2D eigenvalue weighted by Crippen LogP contribution is -1.96. The number of allylic oxidation sites excluding steroid dienone is 3. The SMILES string of the molecule is C=C(/C=C\CC)c1ccc(S(=O)CCC)cc1.CC.CCC. The predicted octanol–water partition coefficient (Wildman–Crippen LogP) is 6.63. The molecule has 1 aromatic rings. The second-order valence-electron chi connectivity index (χ2n) is 4.62. The molecule has 0 N–H and O–H groups in total. The van der Waals surface area contributed by atoms with Gasteiger partial charge in [0.15, 0.2) is 0 Å².